The van der Waals surface area contributed by atoms with Crippen LogP contribution in [0.2, 0.25) is 0 Å². The van der Waals surface area contributed by atoms with E-state index in [0.29, 0.717) is 13.0 Å². The van der Waals surface area contributed by atoms with Crippen LogP contribution in [0.4, 0.5) is 0 Å². The molecule has 2 atom stereocenters. The van der Waals surface area contributed by atoms with Crippen molar-refractivity contribution in [3.8, 4) is 0 Å². The average molecular weight is 383 g/mol. The lowest BCUT2D eigenvalue weighted by molar-refractivity contribution is -0.139. The molecule has 1 aliphatic rings. The lowest BCUT2D eigenvalue weighted by Crippen LogP contribution is -2.49. The lowest BCUT2D eigenvalue weighted by atomic mass is 10.1. The van der Waals surface area contributed by atoms with Crippen LogP contribution in [0.15, 0.2) is 35.2 Å². The number of rotatable bonds is 7. The van der Waals surface area contributed by atoms with Gasteiger partial charge in [0.2, 0.25) is 21.8 Å². The Kier molecular flexibility index (Phi) is 6.32. The minimum absolute atomic E-state index is 0.0644. The summed E-state index contributed by atoms with van der Waals surface area (Å²) in [6, 6.07) is 5.86. The minimum Gasteiger partial charge on any atom is -0.480 e. The number of likely N-dealkylation sites (tertiary alicyclic amines) is 1. The molecule has 0 bridgehead atoms. The van der Waals surface area contributed by atoms with Crippen molar-refractivity contribution in [2.45, 2.75) is 24.3 Å². The number of hydrogen-bond acceptors (Lipinski definition) is 5. The van der Waals surface area contributed by atoms with Crippen LogP contribution >= 0.6 is 0 Å². The monoisotopic (exact) mass is 383 g/mol. The summed E-state index contributed by atoms with van der Waals surface area (Å²) < 4.78 is 26.5. The molecule has 0 aliphatic carbocycles. The fourth-order valence-electron chi connectivity index (χ4n) is 2.64. The fourth-order valence-corrected chi connectivity index (χ4v) is 3.85. The Morgan fingerprint density at radius 3 is 2.46 bits per heavy atom. The smallest absolute Gasteiger partial charge is 0.323 e. The second kappa shape index (κ2) is 8.28. The highest BCUT2D eigenvalue weighted by atomic mass is 32.2. The summed E-state index contributed by atoms with van der Waals surface area (Å²) in [5.41, 5.74) is 0. The molecule has 1 aliphatic heterocycles. The van der Waals surface area contributed by atoms with E-state index in [1.54, 1.807) is 6.07 Å². The van der Waals surface area contributed by atoms with Gasteiger partial charge < -0.3 is 15.3 Å². The third-order valence-electron chi connectivity index (χ3n) is 4.13. The van der Waals surface area contributed by atoms with Crippen molar-refractivity contribution >= 4 is 27.8 Å². The third kappa shape index (κ3) is 5.02. The van der Waals surface area contributed by atoms with Crippen molar-refractivity contribution in [2.75, 3.05) is 19.6 Å². The molecule has 2 unspecified atom stereocenters. The predicted octanol–water partition coefficient (Wildman–Crippen LogP) is -0.597. The number of carboxylic acid groups (broad SMARTS) is 1. The quantitative estimate of drug-likeness (QED) is 0.576. The largest absolute Gasteiger partial charge is 0.480 e. The van der Waals surface area contributed by atoms with Gasteiger partial charge in [-0.15, -0.1) is 0 Å². The van der Waals surface area contributed by atoms with Gasteiger partial charge in [-0.3, -0.25) is 14.4 Å². The summed E-state index contributed by atoms with van der Waals surface area (Å²) in [4.78, 5) is 36.3. The molecular formula is C16H21N3O6S. The van der Waals surface area contributed by atoms with Crippen LogP contribution < -0.4 is 10.0 Å². The normalized spacial score (nSPS) is 18.3. The zero-order valence-electron chi connectivity index (χ0n) is 14.2. The van der Waals surface area contributed by atoms with Gasteiger partial charge in [0.1, 0.15) is 6.04 Å². The van der Waals surface area contributed by atoms with Crippen LogP contribution in [-0.2, 0) is 24.4 Å². The number of carbonyl (C=O) groups excluding carboxylic acids is 2. The SMILES string of the molecule is CC(=O)N1CCC(C(=O)NCC(NS(=O)(=O)c2ccccc2)C(=O)O)C1. The van der Waals surface area contributed by atoms with E-state index in [1.807, 2.05) is 0 Å². The number of sulfonamides is 1. The van der Waals surface area contributed by atoms with Crippen LogP contribution in [0.25, 0.3) is 0 Å². The van der Waals surface area contributed by atoms with Gasteiger partial charge in [0.25, 0.3) is 0 Å². The Hall–Kier alpha value is -2.46. The molecule has 2 amide bonds. The molecule has 0 radical (unpaired) electrons. The van der Waals surface area contributed by atoms with Crippen LogP contribution in [0, 0.1) is 5.92 Å². The maximum absolute atomic E-state index is 12.2. The van der Waals surface area contributed by atoms with Gasteiger partial charge in [0, 0.05) is 26.6 Å². The molecule has 1 saturated heterocycles. The zero-order chi connectivity index (χ0) is 19.3. The summed E-state index contributed by atoms with van der Waals surface area (Å²) in [5.74, 6) is -2.36. The second-order valence-corrected chi connectivity index (χ2v) is 7.73. The van der Waals surface area contributed by atoms with Crippen LogP contribution in [-0.4, -0.2) is 61.9 Å². The van der Waals surface area contributed by atoms with E-state index in [4.69, 9.17) is 0 Å². The Balaban J connectivity index is 1.96. The molecule has 0 spiro atoms. The van der Waals surface area contributed by atoms with Crippen molar-refractivity contribution in [1.29, 1.82) is 0 Å². The Labute approximate surface area is 151 Å². The van der Waals surface area contributed by atoms with E-state index in [1.165, 1.54) is 36.1 Å². The molecule has 9 nitrogen and oxygen atoms in total. The number of nitrogens with zero attached hydrogens (tertiary/aromatic N) is 1. The van der Waals surface area contributed by atoms with Gasteiger partial charge in [0.05, 0.1) is 10.8 Å². The van der Waals surface area contributed by atoms with Crippen LogP contribution in [0.1, 0.15) is 13.3 Å². The molecule has 1 heterocycles. The van der Waals surface area contributed by atoms with E-state index in [-0.39, 0.29) is 17.3 Å². The Morgan fingerprint density at radius 1 is 1.27 bits per heavy atom. The van der Waals surface area contributed by atoms with Gasteiger partial charge >= 0.3 is 5.97 Å². The number of aliphatic carboxylic acids is 1. The van der Waals surface area contributed by atoms with E-state index in [2.05, 4.69) is 10.0 Å². The first-order valence-corrected chi connectivity index (χ1v) is 9.52. The third-order valence-corrected chi connectivity index (χ3v) is 5.62. The minimum atomic E-state index is -4.03. The number of carbonyl (C=O) groups is 3. The number of amides is 2. The molecule has 3 N–H and O–H groups in total. The fraction of sp³-hybridized carbons (Fsp3) is 0.438. The summed E-state index contributed by atoms with van der Waals surface area (Å²) in [6.07, 6.45) is 0.485. The van der Waals surface area contributed by atoms with Gasteiger partial charge in [-0.05, 0) is 18.6 Å². The maximum atomic E-state index is 12.2. The number of carboxylic acids is 1. The molecule has 0 saturated carbocycles. The highest BCUT2D eigenvalue weighted by Crippen LogP contribution is 2.16. The summed E-state index contributed by atoms with van der Waals surface area (Å²) in [6.45, 7) is 1.76. The van der Waals surface area contributed by atoms with Gasteiger partial charge in [-0.1, -0.05) is 18.2 Å². The van der Waals surface area contributed by atoms with Crippen molar-refractivity contribution in [2.24, 2.45) is 5.92 Å². The first kappa shape index (κ1) is 19.9. The topological polar surface area (TPSA) is 133 Å². The van der Waals surface area contributed by atoms with E-state index >= 15 is 0 Å². The molecule has 26 heavy (non-hydrogen) atoms. The highest BCUT2D eigenvalue weighted by molar-refractivity contribution is 7.89. The number of hydrogen-bond donors (Lipinski definition) is 3. The standard InChI is InChI=1S/C16H21N3O6S/c1-11(20)19-8-7-12(10-19)15(21)17-9-14(16(22)23)18-26(24,25)13-5-3-2-4-6-13/h2-6,12,14,18H,7-10H2,1H3,(H,17,21)(H,22,23). The Morgan fingerprint density at radius 2 is 1.92 bits per heavy atom. The second-order valence-electron chi connectivity index (χ2n) is 6.02. The van der Waals surface area contributed by atoms with E-state index in [9.17, 15) is 27.9 Å². The first-order chi connectivity index (χ1) is 12.2. The number of nitrogens with one attached hydrogen (secondary N) is 2. The average Bonchev–Trinajstić information content (AvgIpc) is 3.09. The molecule has 0 aromatic heterocycles. The molecule has 10 heteroatoms. The van der Waals surface area contributed by atoms with Crippen molar-refractivity contribution < 1.29 is 27.9 Å². The maximum Gasteiger partial charge on any atom is 0.323 e. The lowest BCUT2D eigenvalue weighted by Gasteiger charge is -2.17. The van der Waals surface area contributed by atoms with Crippen molar-refractivity contribution in [3.63, 3.8) is 0 Å². The summed E-state index contributed by atoms with van der Waals surface area (Å²) in [5, 5.41) is 11.7. The first-order valence-electron chi connectivity index (χ1n) is 8.04. The van der Waals surface area contributed by atoms with Crippen molar-refractivity contribution in [1.82, 2.24) is 14.9 Å². The van der Waals surface area contributed by atoms with Gasteiger partial charge in [-0.2, -0.15) is 4.72 Å². The van der Waals surface area contributed by atoms with Crippen LogP contribution in [0.5, 0.6) is 0 Å². The zero-order valence-corrected chi connectivity index (χ0v) is 15.0. The van der Waals surface area contributed by atoms with E-state index < -0.39 is 40.4 Å². The summed E-state index contributed by atoms with van der Waals surface area (Å²) >= 11 is 0. The Bertz CT molecular complexity index is 780. The molecular weight excluding hydrogens is 362 g/mol. The predicted molar refractivity (Wildman–Crippen MR) is 91.6 cm³/mol. The highest BCUT2D eigenvalue weighted by Gasteiger charge is 2.31. The summed E-state index contributed by atoms with van der Waals surface area (Å²) in [7, 11) is -4.03. The molecule has 1 aromatic rings. The molecule has 1 fully saturated rings. The van der Waals surface area contributed by atoms with Crippen LogP contribution in [0.3, 0.4) is 0 Å². The van der Waals surface area contributed by atoms with Gasteiger partial charge in [-0.25, -0.2) is 8.42 Å². The molecule has 2 rings (SSSR count). The van der Waals surface area contributed by atoms with E-state index in [0.717, 1.165) is 0 Å². The molecule has 1 aromatic carbocycles. The molecule has 142 valence electrons. The van der Waals surface area contributed by atoms with Gasteiger partial charge in [0.15, 0.2) is 0 Å². The number of benzene rings is 1. The van der Waals surface area contributed by atoms with Crippen molar-refractivity contribution in [3.05, 3.63) is 30.3 Å².